The number of nitrogens with one attached hydrogen (secondary N) is 1. The van der Waals surface area contributed by atoms with E-state index in [2.05, 4.69) is 5.32 Å². The summed E-state index contributed by atoms with van der Waals surface area (Å²) < 4.78 is 5.50. The molecule has 2 aromatic carbocycles. The number of nitrogen functional groups attached to an aromatic ring is 1. The largest absolute Gasteiger partial charge is 0.484 e. The molecular weight excluding hydrogens is 401 g/mol. The Morgan fingerprint density at radius 1 is 1.11 bits per heavy atom. The van der Waals surface area contributed by atoms with Gasteiger partial charge in [0.15, 0.2) is 6.61 Å². The molecule has 0 radical (unpaired) electrons. The lowest BCUT2D eigenvalue weighted by Gasteiger charge is -2.31. The second-order valence-electron chi connectivity index (χ2n) is 6.60. The first kappa shape index (κ1) is 20.3. The zero-order valence-electron chi connectivity index (χ0n) is 15.2. The Hall–Kier alpha value is -2.44. The third-order valence-electron chi connectivity index (χ3n) is 4.67. The molecule has 28 heavy (non-hydrogen) atoms. The summed E-state index contributed by atoms with van der Waals surface area (Å²) in [7, 11) is 0. The highest BCUT2D eigenvalue weighted by Crippen LogP contribution is 2.31. The average molecular weight is 422 g/mol. The van der Waals surface area contributed by atoms with Crippen LogP contribution in [-0.4, -0.2) is 36.4 Å². The Morgan fingerprint density at radius 3 is 2.32 bits per heavy atom. The van der Waals surface area contributed by atoms with Gasteiger partial charge < -0.3 is 20.7 Å². The van der Waals surface area contributed by atoms with Gasteiger partial charge >= 0.3 is 0 Å². The van der Waals surface area contributed by atoms with Gasteiger partial charge in [-0.1, -0.05) is 41.4 Å². The van der Waals surface area contributed by atoms with Crippen LogP contribution in [0.15, 0.2) is 42.5 Å². The van der Waals surface area contributed by atoms with Crippen LogP contribution in [0.25, 0.3) is 0 Å². The van der Waals surface area contributed by atoms with Crippen molar-refractivity contribution in [2.45, 2.75) is 12.8 Å². The Kier molecular flexibility index (Phi) is 6.65. The van der Waals surface area contributed by atoms with Crippen molar-refractivity contribution in [3.05, 3.63) is 52.5 Å². The van der Waals surface area contributed by atoms with Gasteiger partial charge in [0.25, 0.3) is 5.91 Å². The van der Waals surface area contributed by atoms with Crippen molar-refractivity contribution in [2.24, 2.45) is 5.92 Å². The van der Waals surface area contributed by atoms with Crippen molar-refractivity contribution in [1.82, 2.24) is 4.90 Å². The number of halogens is 2. The quantitative estimate of drug-likeness (QED) is 0.718. The van der Waals surface area contributed by atoms with E-state index < -0.39 is 0 Å². The molecule has 0 saturated carbocycles. The summed E-state index contributed by atoms with van der Waals surface area (Å²) in [5.41, 5.74) is 6.49. The summed E-state index contributed by atoms with van der Waals surface area (Å²) in [5, 5.41) is 3.41. The number of nitrogens with two attached hydrogens (primary N) is 1. The normalized spacial score (nSPS) is 14.6. The molecule has 2 aromatic rings. The number of rotatable bonds is 5. The van der Waals surface area contributed by atoms with Gasteiger partial charge in [-0.2, -0.15) is 0 Å². The summed E-state index contributed by atoms with van der Waals surface area (Å²) >= 11 is 12.0. The summed E-state index contributed by atoms with van der Waals surface area (Å²) in [6, 6.07) is 12.3. The van der Waals surface area contributed by atoms with Crippen LogP contribution in [0.1, 0.15) is 12.8 Å². The predicted molar refractivity (Wildman–Crippen MR) is 111 cm³/mol. The number of carbonyl (C=O) groups is 2. The van der Waals surface area contributed by atoms with Crippen molar-refractivity contribution in [2.75, 3.05) is 30.7 Å². The van der Waals surface area contributed by atoms with Gasteiger partial charge in [-0.15, -0.1) is 0 Å². The number of likely N-dealkylation sites (tertiary alicyclic amines) is 1. The number of nitrogens with zero attached hydrogens (tertiary/aromatic N) is 1. The third-order valence-corrected chi connectivity index (χ3v) is 5.30. The first-order valence-electron chi connectivity index (χ1n) is 8.95. The lowest BCUT2D eigenvalue weighted by atomic mass is 9.95. The minimum absolute atomic E-state index is 0.0106. The Bertz CT molecular complexity index is 830. The number of ether oxygens (including phenoxy) is 1. The van der Waals surface area contributed by atoms with E-state index in [0.29, 0.717) is 47.4 Å². The molecule has 3 N–H and O–H groups in total. The van der Waals surface area contributed by atoms with E-state index in [1.807, 2.05) is 18.2 Å². The fraction of sp³-hybridized carbons (Fsp3) is 0.300. The number of hydrogen-bond donors (Lipinski definition) is 2. The first-order chi connectivity index (χ1) is 13.4. The van der Waals surface area contributed by atoms with Gasteiger partial charge in [-0.05, 0) is 37.1 Å². The van der Waals surface area contributed by atoms with Crippen LogP contribution in [0.5, 0.6) is 5.75 Å². The van der Waals surface area contributed by atoms with E-state index in [1.165, 1.54) is 0 Å². The molecule has 6 nitrogen and oxygen atoms in total. The second-order valence-corrected chi connectivity index (χ2v) is 7.41. The molecule has 3 rings (SSSR count). The number of benzene rings is 2. The van der Waals surface area contributed by atoms with Crippen LogP contribution in [-0.2, 0) is 9.59 Å². The van der Waals surface area contributed by atoms with Gasteiger partial charge in [0.2, 0.25) is 5.91 Å². The zero-order valence-corrected chi connectivity index (χ0v) is 16.7. The number of hydrogen-bond acceptors (Lipinski definition) is 4. The van der Waals surface area contributed by atoms with E-state index in [9.17, 15) is 9.59 Å². The number of carbonyl (C=O) groups excluding carboxylic acids is 2. The Labute approximate surface area is 173 Å². The van der Waals surface area contributed by atoms with Gasteiger partial charge in [0, 0.05) is 24.7 Å². The summed E-state index contributed by atoms with van der Waals surface area (Å²) in [6.07, 6.45) is 1.17. The lowest BCUT2D eigenvalue weighted by Crippen LogP contribution is -2.43. The molecule has 1 heterocycles. The molecule has 0 aromatic heterocycles. The smallest absolute Gasteiger partial charge is 0.260 e. The molecule has 0 unspecified atom stereocenters. The van der Waals surface area contributed by atoms with Gasteiger partial charge in [-0.25, -0.2) is 0 Å². The van der Waals surface area contributed by atoms with Crippen LogP contribution in [0.2, 0.25) is 10.0 Å². The summed E-state index contributed by atoms with van der Waals surface area (Å²) in [5.74, 6) is 0.268. The minimum atomic E-state index is -0.186. The number of piperidine rings is 1. The Morgan fingerprint density at radius 2 is 1.71 bits per heavy atom. The topological polar surface area (TPSA) is 84.7 Å². The molecule has 0 spiro atoms. The highest BCUT2D eigenvalue weighted by atomic mass is 35.5. The molecule has 1 aliphatic rings. The van der Waals surface area contributed by atoms with E-state index in [4.69, 9.17) is 33.7 Å². The van der Waals surface area contributed by atoms with Crippen LogP contribution in [0.3, 0.4) is 0 Å². The highest BCUT2D eigenvalue weighted by molar-refractivity contribution is 6.39. The molecule has 148 valence electrons. The minimum Gasteiger partial charge on any atom is -0.484 e. The lowest BCUT2D eigenvalue weighted by molar-refractivity contribution is -0.136. The summed E-state index contributed by atoms with van der Waals surface area (Å²) in [4.78, 5) is 26.5. The van der Waals surface area contributed by atoms with E-state index in [1.54, 1.807) is 29.2 Å². The van der Waals surface area contributed by atoms with Crippen molar-refractivity contribution in [1.29, 1.82) is 0 Å². The molecule has 8 heteroatoms. The van der Waals surface area contributed by atoms with Crippen molar-refractivity contribution in [3.8, 4) is 5.75 Å². The third kappa shape index (κ3) is 5.09. The molecular formula is C20H21Cl2N3O3. The molecule has 0 bridgehead atoms. The number of para-hydroxylation sites is 1. The van der Waals surface area contributed by atoms with Crippen LogP contribution in [0.4, 0.5) is 11.4 Å². The highest BCUT2D eigenvalue weighted by Gasteiger charge is 2.27. The Balaban J connectivity index is 1.48. The monoisotopic (exact) mass is 421 g/mol. The van der Waals surface area contributed by atoms with Crippen LogP contribution in [0, 0.1) is 5.92 Å². The van der Waals surface area contributed by atoms with E-state index >= 15 is 0 Å². The number of anilines is 2. The van der Waals surface area contributed by atoms with Crippen molar-refractivity contribution >= 4 is 46.4 Å². The van der Waals surface area contributed by atoms with Crippen LogP contribution >= 0.6 is 23.2 Å². The molecule has 1 fully saturated rings. The van der Waals surface area contributed by atoms with Gasteiger partial charge in [0.1, 0.15) is 5.75 Å². The van der Waals surface area contributed by atoms with Gasteiger partial charge in [-0.3, -0.25) is 9.59 Å². The zero-order chi connectivity index (χ0) is 20.1. The van der Waals surface area contributed by atoms with E-state index in [-0.39, 0.29) is 30.0 Å². The summed E-state index contributed by atoms with van der Waals surface area (Å²) in [6.45, 7) is 1.01. The van der Waals surface area contributed by atoms with Crippen LogP contribution < -0.4 is 15.8 Å². The maximum Gasteiger partial charge on any atom is 0.260 e. The standard InChI is InChI=1S/C20H21Cl2N3O3/c21-16-10-14(11-17(22)19(16)23)24-20(27)13-6-8-25(9-7-13)18(26)12-28-15-4-2-1-3-5-15/h1-5,10-11,13H,6-9,12,23H2,(H,24,27). The van der Waals surface area contributed by atoms with Crippen molar-refractivity contribution < 1.29 is 14.3 Å². The fourth-order valence-electron chi connectivity index (χ4n) is 3.04. The molecule has 1 aliphatic heterocycles. The molecule has 1 saturated heterocycles. The molecule has 2 amide bonds. The molecule has 0 aliphatic carbocycles. The predicted octanol–water partition coefficient (Wildman–Crippen LogP) is 3.83. The second kappa shape index (κ2) is 9.17. The van der Waals surface area contributed by atoms with E-state index in [0.717, 1.165) is 0 Å². The first-order valence-corrected chi connectivity index (χ1v) is 9.70. The number of amides is 2. The average Bonchev–Trinajstić information content (AvgIpc) is 2.71. The van der Waals surface area contributed by atoms with Crippen molar-refractivity contribution in [3.63, 3.8) is 0 Å². The fourth-order valence-corrected chi connectivity index (χ4v) is 3.53. The van der Waals surface area contributed by atoms with Gasteiger partial charge in [0.05, 0.1) is 15.7 Å². The SMILES string of the molecule is Nc1c(Cl)cc(NC(=O)C2CCN(C(=O)COc3ccccc3)CC2)cc1Cl. The maximum atomic E-state index is 12.5. The maximum absolute atomic E-state index is 12.5. The molecule has 0 atom stereocenters.